The minimum atomic E-state index is 0.507. The van der Waals surface area contributed by atoms with E-state index in [1.165, 1.54) is 75.3 Å². The van der Waals surface area contributed by atoms with Crippen LogP contribution in [0, 0.1) is 0 Å². The molecule has 0 bridgehead atoms. The molecule has 0 unspecified atom stereocenters. The van der Waals surface area contributed by atoms with Crippen LogP contribution in [0.15, 0.2) is 48.5 Å². The van der Waals surface area contributed by atoms with Gasteiger partial charge in [0.2, 0.25) is 0 Å². The Morgan fingerprint density at radius 2 is 1.41 bits per heavy atom. The summed E-state index contributed by atoms with van der Waals surface area (Å²) < 4.78 is 8.48. The van der Waals surface area contributed by atoms with Crippen molar-refractivity contribution in [2.45, 2.75) is 104 Å². The van der Waals surface area contributed by atoms with Crippen molar-refractivity contribution in [1.82, 2.24) is 9.55 Å². The monoisotopic (exact) mass is 434 g/mol. The zero-order chi connectivity index (χ0) is 22.6. The number of hydrogen-bond donors (Lipinski definition) is 0. The van der Waals surface area contributed by atoms with Gasteiger partial charge in [-0.05, 0) is 42.2 Å². The predicted octanol–water partition coefficient (Wildman–Crippen LogP) is 8.66. The molecule has 0 aliphatic rings. The number of imidazole rings is 1. The Labute approximate surface area is 195 Å². The van der Waals surface area contributed by atoms with Crippen molar-refractivity contribution >= 4 is 11.0 Å². The maximum Gasteiger partial charge on any atom is 0.147 e. The van der Waals surface area contributed by atoms with E-state index in [2.05, 4.69) is 73.9 Å². The highest BCUT2D eigenvalue weighted by molar-refractivity contribution is 5.75. The van der Waals surface area contributed by atoms with Gasteiger partial charge in [0.15, 0.2) is 0 Å². The van der Waals surface area contributed by atoms with Crippen LogP contribution in [0.25, 0.3) is 11.0 Å². The van der Waals surface area contributed by atoms with Crippen LogP contribution >= 0.6 is 0 Å². The second-order valence-electron chi connectivity index (χ2n) is 9.36. The van der Waals surface area contributed by atoms with E-state index < -0.39 is 0 Å². The van der Waals surface area contributed by atoms with Gasteiger partial charge in [-0.15, -0.1) is 0 Å². The molecule has 2 aromatic carbocycles. The number of aromatic nitrogens is 2. The molecule has 0 amide bonds. The van der Waals surface area contributed by atoms with E-state index in [4.69, 9.17) is 9.72 Å². The molecule has 0 saturated heterocycles. The molecule has 0 aliphatic carbocycles. The first-order valence-electron chi connectivity index (χ1n) is 12.9. The third-order valence-corrected chi connectivity index (χ3v) is 6.38. The summed E-state index contributed by atoms with van der Waals surface area (Å²) in [5.41, 5.74) is 3.62. The van der Waals surface area contributed by atoms with Crippen molar-refractivity contribution in [2.24, 2.45) is 0 Å². The van der Waals surface area contributed by atoms with E-state index in [9.17, 15) is 0 Å². The van der Waals surface area contributed by atoms with Crippen LogP contribution in [0.3, 0.4) is 0 Å². The summed E-state index contributed by atoms with van der Waals surface area (Å²) in [5.74, 6) is 2.47. The molecule has 3 aromatic rings. The summed E-state index contributed by atoms with van der Waals surface area (Å²) in [6.45, 7) is 8.23. The molecule has 3 rings (SSSR count). The first kappa shape index (κ1) is 24.4. The van der Waals surface area contributed by atoms with Gasteiger partial charge in [-0.3, -0.25) is 0 Å². The normalized spacial score (nSPS) is 11.5. The number of aryl methyl sites for hydroxylation is 1. The Hall–Kier alpha value is -2.29. The molecule has 3 heteroatoms. The van der Waals surface area contributed by atoms with Crippen molar-refractivity contribution in [3.8, 4) is 5.75 Å². The molecule has 1 aromatic heterocycles. The van der Waals surface area contributed by atoms with Crippen molar-refractivity contribution in [3.05, 3.63) is 59.9 Å². The lowest BCUT2D eigenvalue weighted by molar-refractivity contribution is 0.289. The first-order valence-corrected chi connectivity index (χ1v) is 12.9. The Morgan fingerprint density at radius 3 is 2.06 bits per heavy atom. The van der Waals surface area contributed by atoms with Crippen molar-refractivity contribution in [2.75, 3.05) is 0 Å². The lowest BCUT2D eigenvalue weighted by Crippen LogP contribution is -2.07. The van der Waals surface area contributed by atoms with Gasteiger partial charge in [-0.1, -0.05) is 103 Å². The van der Waals surface area contributed by atoms with Gasteiger partial charge in [0.1, 0.15) is 18.2 Å². The van der Waals surface area contributed by atoms with Gasteiger partial charge in [0, 0.05) is 6.54 Å². The van der Waals surface area contributed by atoms with Crippen molar-refractivity contribution in [3.63, 3.8) is 0 Å². The number of benzene rings is 2. The summed E-state index contributed by atoms with van der Waals surface area (Å²) in [6, 6.07) is 16.9. The van der Waals surface area contributed by atoms with Crippen LogP contribution in [-0.2, 0) is 13.2 Å². The summed E-state index contributed by atoms with van der Waals surface area (Å²) in [6.07, 6.45) is 13.6. The van der Waals surface area contributed by atoms with E-state index in [-0.39, 0.29) is 0 Å². The van der Waals surface area contributed by atoms with E-state index in [0.29, 0.717) is 12.5 Å². The van der Waals surface area contributed by atoms with Crippen molar-refractivity contribution in [1.29, 1.82) is 0 Å². The highest BCUT2D eigenvalue weighted by Gasteiger charge is 2.11. The van der Waals surface area contributed by atoms with Gasteiger partial charge in [0.25, 0.3) is 0 Å². The molecule has 0 N–H and O–H groups in total. The van der Waals surface area contributed by atoms with Gasteiger partial charge in [-0.25, -0.2) is 4.98 Å². The number of para-hydroxylation sites is 2. The average Bonchev–Trinajstić information content (AvgIpc) is 3.16. The molecular formula is C29H42N2O. The number of rotatable bonds is 15. The second-order valence-corrected chi connectivity index (χ2v) is 9.36. The Morgan fingerprint density at radius 1 is 0.781 bits per heavy atom. The third-order valence-electron chi connectivity index (χ3n) is 6.38. The lowest BCUT2D eigenvalue weighted by atomic mass is 10.0. The molecule has 3 nitrogen and oxygen atoms in total. The minimum Gasteiger partial charge on any atom is -0.486 e. The Kier molecular flexibility index (Phi) is 10.1. The second kappa shape index (κ2) is 13.3. The maximum atomic E-state index is 6.11. The maximum absolute atomic E-state index is 6.11. The molecule has 1 heterocycles. The van der Waals surface area contributed by atoms with Crippen molar-refractivity contribution < 1.29 is 4.74 Å². The lowest BCUT2D eigenvalue weighted by Gasteiger charge is -2.11. The average molecular weight is 435 g/mol. The quantitative estimate of drug-likeness (QED) is 0.224. The third kappa shape index (κ3) is 7.39. The van der Waals surface area contributed by atoms with E-state index in [1.807, 2.05) is 0 Å². The number of unbranched alkanes of at least 4 members (excludes halogenated alkanes) is 9. The fourth-order valence-electron chi connectivity index (χ4n) is 4.34. The number of hydrogen-bond acceptors (Lipinski definition) is 2. The highest BCUT2D eigenvalue weighted by Crippen LogP contribution is 2.22. The number of nitrogens with zero attached hydrogens (tertiary/aromatic N) is 2. The molecular weight excluding hydrogens is 392 g/mol. The summed E-state index contributed by atoms with van der Waals surface area (Å²) in [4.78, 5) is 4.88. The fraction of sp³-hybridized carbons (Fsp3) is 0.552. The van der Waals surface area contributed by atoms with Gasteiger partial charge in [-0.2, -0.15) is 0 Å². The van der Waals surface area contributed by atoms with E-state index in [1.54, 1.807) is 0 Å². The van der Waals surface area contributed by atoms with Gasteiger partial charge < -0.3 is 9.30 Å². The summed E-state index contributed by atoms with van der Waals surface area (Å²) >= 11 is 0. The van der Waals surface area contributed by atoms with Crippen LogP contribution in [0.4, 0.5) is 0 Å². The largest absolute Gasteiger partial charge is 0.486 e. The molecule has 0 radical (unpaired) electrons. The molecule has 0 fully saturated rings. The Bertz CT molecular complexity index is 911. The van der Waals surface area contributed by atoms with Gasteiger partial charge >= 0.3 is 0 Å². The first-order chi connectivity index (χ1) is 15.7. The fourth-order valence-corrected chi connectivity index (χ4v) is 4.34. The number of ether oxygens (including phenoxy) is 1. The summed E-state index contributed by atoms with van der Waals surface area (Å²) in [5, 5.41) is 0. The highest BCUT2D eigenvalue weighted by atomic mass is 16.5. The molecule has 0 saturated carbocycles. The molecule has 0 spiro atoms. The van der Waals surface area contributed by atoms with E-state index >= 15 is 0 Å². The SMILES string of the molecule is CCCCCCCCCCCCn1c(COc2ccc(C(C)C)cc2)nc2ccccc21. The van der Waals surface area contributed by atoms with Crippen LogP contribution in [0.5, 0.6) is 5.75 Å². The van der Waals surface area contributed by atoms with E-state index in [0.717, 1.165) is 23.6 Å². The molecule has 32 heavy (non-hydrogen) atoms. The molecule has 0 atom stereocenters. The predicted molar refractivity (Wildman–Crippen MR) is 136 cm³/mol. The number of fused-ring (bicyclic) bond motifs is 1. The Balaban J connectivity index is 1.49. The smallest absolute Gasteiger partial charge is 0.147 e. The van der Waals surface area contributed by atoms with Crippen LogP contribution in [0.1, 0.15) is 102 Å². The van der Waals surface area contributed by atoms with Crippen LogP contribution < -0.4 is 4.74 Å². The van der Waals surface area contributed by atoms with Gasteiger partial charge in [0.05, 0.1) is 11.0 Å². The standard InChI is InChI=1S/C29H42N2O/c1-4-5-6-7-8-9-10-11-12-15-22-31-28-17-14-13-16-27(28)30-29(31)23-32-26-20-18-25(19-21-26)24(2)3/h13-14,16-21,24H,4-12,15,22-23H2,1-3H3. The zero-order valence-electron chi connectivity index (χ0n) is 20.5. The minimum absolute atomic E-state index is 0.507. The topological polar surface area (TPSA) is 27.1 Å². The molecule has 0 aliphatic heterocycles. The van der Waals surface area contributed by atoms with Crippen LogP contribution in [-0.4, -0.2) is 9.55 Å². The van der Waals surface area contributed by atoms with Crippen LogP contribution in [0.2, 0.25) is 0 Å². The molecule has 174 valence electrons. The zero-order valence-corrected chi connectivity index (χ0v) is 20.5. The summed E-state index contributed by atoms with van der Waals surface area (Å²) in [7, 11) is 0.